The van der Waals surface area contributed by atoms with Gasteiger partial charge in [0, 0.05) is 18.6 Å². The van der Waals surface area contributed by atoms with E-state index in [2.05, 4.69) is 16.7 Å². The highest BCUT2D eigenvalue weighted by molar-refractivity contribution is 7.99. The van der Waals surface area contributed by atoms with E-state index in [0.717, 1.165) is 13.1 Å². The Morgan fingerprint density at radius 3 is 2.65 bits per heavy atom. The molecule has 98 valence electrons. The van der Waals surface area contributed by atoms with Gasteiger partial charge < -0.3 is 4.90 Å². The molecule has 3 nitrogen and oxygen atoms in total. The molecule has 2 rings (SSSR count). The Bertz CT molecular complexity index is 272. The molecule has 2 aliphatic rings. The van der Waals surface area contributed by atoms with Crippen LogP contribution in [0.15, 0.2) is 0 Å². The topological polar surface area (TPSA) is 23.6 Å². The Morgan fingerprint density at radius 2 is 1.94 bits per heavy atom. The summed E-state index contributed by atoms with van der Waals surface area (Å²) in [5, 5.41) is 0. The Kier molecular flexibility index (Phi) is 4.74. The third-order valence-corrected chi connectivity index (χ3v) is 4.69. The predicted molar refractivity (Wildman–Crippen MR) is 73.4 cm³/mol. The van der Waals surface area contributed by atoms with Crippen LogP contribution in [0.5, 0.6) is 0 Å². The number of likely N-dealkylation sites (tertiary alicyclic amines) is 2. The fraction of sp³-hybridized carbons (Fsp3) is 0.923. The molecule has 2 aliphatic heterocycles. The second-order valence-electron chi connectivity index (χ2n) is 5.07. The molecule has 0 aromatic carbocycles. The van der Waals surface area contributed by atoms with E-state index in [1.54, 1.807) is 11.8 Å². The molecule has 0 bridgehead atoms. The van der Waals surface area contributed by atoms with Gasteiger partial charge in [0.15, 0.2) is 0 Å². The molecule has 2 unspecified atom stereocenters. The van der Waals surface area contributed by atoms with Gasteiger partial charge in [-0.15, -0.1) is 0 Å². The van der Waals surface area contributed by atoms with E-state index in [-0.39, 0.29) is 0 Å². The SMILES string of the molecule is CCN1CCCC1C1CCCN1C(=O)CSC. The second-order valence-corrected chi connectivity index (χ2v) is 5.93. The molecule has 4 heteroatoms. The molecule has 0 N–H and O–H groups in total. The van der Waals surface area contributed by atoms with Gasteiger partial charge in [-0.3, -0.25) is 9.69 Å². The summed E-state index contributed by atoms with van der Waals surface area (Å²) in [5.74, 6) is 0.998. The summed E-state index contributed by atoms with van der Waals surface area (Å²) < 4.78 is 0. The van der Waals surface area contributed by atoms with Crippen LogP contribution in [0.3, 0.4) is 0 Å². The zero-order chi connectivity index (χ0) is 12.3. The predicted octanol–water partition coefficient (Wildman–Crippen LogP) is 1.82. The van der Waals surface area contributed by atoms with E-state index in [0.29, 0.717) is 23.7 Å². The highest BCUT2D eigenvalue weighted by Gasteiger charge is 2.38. The lowest BCUT2D eigenvalue weighted by Crippen LogP contribution is -2.48. The third-order valence-electron chi connectivity index (χ3n) is 4.15. The van der Waals surface area contributed by atoms with Crippen LogP contribution in [0.1, 0.15) is 32.6 Å². The molecule has 2 heterocycles. The molecule has 0 aromatic rings. The Labute approximate surface area is 109 Å². The minimum atomic E-state index is 0.350. The molecule has 0 aromatic heterocycles. The normalized spacial score (nSPS) is 30.1. The number of carbonyl (C=O) groups excluding carboxylic acids is 1. The largest absolute Gasteiger partial charge is 0.337 e. The highest BCUT2D eigenvalue weighted by Crippen LogP contribution is 2.30. The van der Waals surface area contributed by atoms with Crippen LogP contribution in [-0.2, 0) is 4.79 Å². The zero-order valence-electron chi connectivity index (χ0n) is 11.0. The minimum absolute atomic E-state index is 0.350. The van der Waals surface area contributed by atoms with Gasteiger partial charge in [-0.25, -0.2) is 0 Å². The van der Waals surface area contributed by atoms with Gasteiger partial charge in [0.05, 0.1) is 5.75 Å². The fourth-order valence-corrected chi connectivity index (χ4v) is 3.80. The van der Waals surface area contributed by atoms with Crippen LogP contribution < -0.4 is 0 Å². The summed E-state index contributed by atoms with van der Waals surface area (Å²) in [6.07, 6.45) is 7.00. The van der Waals surface area contributed by atoms with Crippen LogP contribution in [0.4, 0.5) is 0 Å². The first-order valence-electron chi connectivity index (χ1n) is 6.80. The lowest BCUT2D eigenvalue weighted by atomic mass is 10.0. The van der Waals surface area contributed by atoms with Crippen LogP contribution in [0.2, 0.25) is 0 Å². The molecular weight excluding hydrogens is 232 g/mol. The number of nitrogens with zero attached hydrogens (tertiary/aromatic N) is 2. The van der Waals surface area contributed by atoms with Gasteiger partial charge in [0.1, 0.15) is 0 Å². The number of thioether (sulfide) groups is 1. The zero-order valence-corrected chi connectivity index (χ0v) is 11.8. The number of hydrogen-bond acceptors (Lipinski definition) is 3. The maximum Gasteiger partial charge on any atom is 0.232 e. The molecule has 0 spiro atoms. The summed E-state index contributed by atoms with van der Waals surface area (Å²) >= 11 is 1.64. The van der Waals surface area contributed by atoms with Gasteiger partial charge in [-0.05, 0) is 45.0 Å². The number of likely N-dealkylation sites (N-methyl/N-ethyl adjacent to an activating group) is 1. The lowest BCUT2D eigenvalue weighted by molar-refractivity contribution is -0.130. The molecule has 0 radical (unpaired) electrons. The fourth-order valence-electron chi connectivity index (χ4n) is 3.39. The quantitative estimate of drug-likeness (QED) is 0.766. The van der Waals surface area contributed by atoms with Crippen molar-refractivity contribution in [2.45, 2.75) is 44.7 Å². The molecule has 2 fully saturated rings. The molecule has 1 amide bonds. The first-order chi connectivity index (χ1) is 8.27. The van der Waals surface area contributed by atoms with Crippen molar-refractivity contribution in [2.24, 2.45) is 0 Å². The first kappa shape index (κ1) is 13.2. The van der Waals surface area contributed by atoms with E-state index in [1.165, 1.54) is 32.2 Å². The monoisotopic (exact) mass is 256 g/mol. The molecule has 0 aliphatic carbocycles. The number of amides is 1. The second kappa shape index (κ2) is 6.10. The highest BCUT2D eigenvalue weighted by atomic mass is 32.2. The summed E-state index contributed by atoms with van der Waals surface area (Å²) in [4.78, 5) is 16.8. The first-order valence-corrected chi connectivity index (χ1v) is 8.19. The maximum absolute atomic E-state index is 12.1. The van der Waals surface area contributed by atoms with E-state index in [9.17, 15) is 4.79 Å². The van der Waals surface area contributed by atoms with E-state index < -0.39 is 0 Å². The van der Waals surface area contributed by atoms with E-state index >= 15 is 0 Å². The van der Waals surface area contributed by atoms with Gasteiger partial charge in [-0.2, -0.15) is 11.8 Å². The van der Waals surface area contributed by atoms with E-state index in [4.69, 9.17) is 0 Å². The van der Waals surface area contributed by atoms with Gasteiger partial charge >= 0.3 is 0 Å². The van der Waals surface area contributed by atoms with Gasteiger partial charge in [0.25, 0.3) is 0 Å². The van der Waals surface area contributed by atoms with Crippen molar-refractivity contribution >= 4 is 17.7 Å². The van der Waals surface area contributed by atoms with Crippen LogP contribution in [-0.4, -0.2) is 59.4 Å². The van der Waals surface area contributed by atoms with Crippen molar-refractivity contribution in [1.82, 2.24) is 9.80 Å². The number of carbonyl (C=O) groups is 1. The molecule has 2 saturated heterocycles. The van der Waals surface area contributed by atoms with Gasteiger partial charge in [-0.1, -0.05) is 6.92 Å². The van der Waals surface area contributed by atoms with Crippen molar-refractivity contribution in [3.8, 4) is 0 Å². The standard InChI is InChI=1S/C13H24N2OS/c1-3-14-8-4-6-11(14)12-7-5-9-15(12)13(16)10-17-2/h11-12H,3-10H2,1-2H3. The van der Waals surface area contributed by atoms with Crippen molar-refractivity contribution in [3.05, 3.63) is 0 Å². The Balaban J connectivity index is 2.01. The molecule has 0 saturated carbocycles. The van der Waals surface area contributed by atoms with E-state index in [1.807, 2.05) is 6.26 Å². The maximum atomic E-state index is 12.1. The minimum Gasteiger partial charge on any atom is -0.337 e. The smallest absolute Gasteiger partial charge is 0.232 e. The summed E-state index contributed by atoms with van der Waals surface area (Å²) in [7, 11) is 0. The summed E-state index contributed by atoms with van der Waals surface area (Å²) in [6, 6.07) is 1.13. The average Bonchev–Trinajstić information content (AvgIpc) is 2.97. The Hall–Kier alpha value is -0.220. The van der Waals surface area contributed by atoms with Crippen molar-refractivity contribution in [2.75, 3.05) is 31.6 Å². The molecule has 2 atom stereocenters. The summed E-state index contributed by atoms with van der Waals surface area (Å²) in [5.41, 5.74) is 0. The van der Waals surface area contributed by atoms with Crippen molar-refractivity contribution < 1.29 is 4.79 Å². The van der Waals surface area contributed by atoms with Crippen LogP contribution >= 0.6 is 11.8 Å². The van der Waals surface area contributed by atoms with Crippen LogP contribution in [0, 0.1) is 0 Å². The van der Waals surface area contributed by atoms with Crippen molar-refractivity contribution in [1.29, 1.82) is 0 Å². The third kappa shape index (κ3) is 2.79. The average molecular weight is 256 g/mol. The Morgan fingerprint density at radius 1 is 1.24 bits per heavy atom. The van der Waals surface area contributed by atoms with Gasteiger partial charge in [0.2, 0.25) is 5.91 Å². The summed E-state index contributed by atoms with van der Waals surface area (Å²) in [6.45, 7) is 5.58. The molecule has 17 heavy (non-hydrogen) atoms. The van der Waals surface area contributed by atoms with Crippen LogP contribution in [0.25, 0.3) is 0 Å². The van der Waals surface area contributed by atoms with Crippen molar-refractivity contribution in [3.63, 3.8) is 0 Å². The number of rotatable bonds is 4. The lowest BCUT2D eigenvalue weighted by Gasteiger charge is -2.34. The number of hydrogen-bond donors (Lipinski definition) is 0. The molecular formula is C13H24N2OS.